The van der Waals surface area contributed by atoms with Crippen molar-refractivity contribution in [2.45, 2.75) is 37.6 Å². The fourth-order valence-corrected chi connectivity index (χ4v) is 4.04. The number of hydrogen-bond donors (Lipinski definition) is 3. The van der Waals surface area contributed by atoms with E-state index in [1.54, 1.807) is 12.4 Å². The van der Waals surface area contributed by atoms with Gasteiger partial charge < -0.3 is 35.2 Å². The summed E-state index contributed by atoms with van der Waals surface area (Å²) in [7, 11) is 7.32. The van der Waals surface area contributed by atoms with Gasteiger partial charge in [0.15, 0.2) is 6.17 Å². The minimum Gasteiger partial charge on any atom is -0.492 e. The van der Waals surface area contributed by atoms with Crippen molar-refractivity contribution in [2.24, 2.45) is 4.99 Å². The van der Waals surface area contributed by atoms with Gasteiger partial charge in [-0.2, -0.15) is 13.2 Å². The lowest BCUT2D eigenvalue weighted by molar-refractivity contribution is -0.172. The third-order valence-corrected chi connectivity index (χ3v) is 6.20. The number of hydrogen-bond acceptors (Lipinski definition) is 9. The standard InChI is InChI=1S/C19H24FN5O.C6H10F3N.C3H4O2/c1-21-13-4-6-14(7-5-13)24-19-18-16(20)10-15(26-9-8-25(2)3)11-17(18)22-12-23-19;1-10-4-2-3-5(10)6(7,8)9;4-2-1-3-5/h4-7,10-12,19,21,24H,8-9H2,1-3H3,(H,22,23);5H,2-4H2,1H3;2-3H,1H2. The summed E-state index contributed by atoms with van der Waals surface area (Å²) in [4.78, 5) is 26.1. The quantitative estimate of drug-likeness (QED) is 0.221. The van der Waals surface area contributed by atoms with Gasteiger partial charge in [0.1, 0.15) is 36.8 Å². The number of aliphatic imine (C=N–C) groups is 1. The van der Waals surface area contributed by atoms with Crippen molar-refractivity contribution in [3.8, 4) is 5.75 Å². The van der Waals surface area contributed by atoms with Crippen LogP contribution >= 0.6 is 0 Å². The molecular formula is C28H38F4N6O3. The lowest BCUT2D eigenvalue weighted by atomic mass is 10.1. The zero-order valence-corrected chi connectivity index (χ0v) is 23.7. The van der Waals surface area contributed by atoms with E-state index in [2.05, 4.69) is 20.9 Å². The van der Waals surface area contributed by atoms with Crippen LogP contribution in [0.5, 0.6) is 5.75 Å². The molecule has 0 saturated carbocycles. The molecule has 0 bridgehead atoms. The Kier molecular flexibility index (Phi) is 13.5. The number of ether oxygens (including phenoxy) is 1. The maximum Gasteiger partial charge on any atom is 0.404 e. The molecule has 0 radical (unpaired) electrons. The summed E-state index contributed by atoms with van der Waals surface area (Å²) in [6.07, 6.45) is -0.862. The summed E-state index contributed by atoms with van der Waals surface area (Å²) in [5, 5.41) is 9.33. The molecule has 0 aromatic heterocycles. The van der Waals surface area contributed by atoms with E-state index in [0.717, 1.165) is 17.9 Å². The van der Waals surface area contributed by atoms with E-state index in [1.807, 2.05) is 50.3 Å². The number of anilines is 3. The smallest absolute Gasteiger partial charge is 0.404 e. The molecule has 226 valence electrons. The number of nitrogens with zero attached hydrogens (tertiary/aromatic N) is 3. The normalized spacial score (nSPS) is 17.7. The van der Waals surface area contributed by atoms with Gasteiger partial charge in [-0.3, -0.25) is 4.90 Å². The molecule has 3 N–H and O–H groups in total. The van der Waals surface area contributed by atoms with Crippen LogP contribution in [0.4, 0.5) is 34.6 Å². The second-order valence-electron chi connectivity index (χ2n) is 9.56. The summed E-state index contributed by atoms with van der Waals surface area (Å²) in [6, 6.07) is 9.79. The minimum atomic E-state index is -4.02. The van der Waals surface area contributed by atoms with Gasteiger partial charge >= 0.3 is 6.18 Å². The van der Waals surface area contributed by atoms with Crippen LogP contribution in [0.15, 0.2) is 41.4 Å². The summed E-state index contributed by atoms with van der Waals surface area (Å²) in [5.41, 5.74) is 3.01. The van der Waals surface area contributed by atoms with Crippen molar-refractivity contribution in [3.63, 3.8) is 0 Å². The third-order valence-electron chi connectivity index (χ3n) is 6.20. The van der Waals surface area contributed by atoms with Crippen LogP contribution in [0, 0.1) is 5.82 Å². The Labute approximate surface area is 237 Å². The van der Waals surface area contributed by atoms with Gasteiger partial charge in [-0.1, -0.05) is 0 Å². The minimum absolute atomic E-state index is 0.0278. The zero-order valence-electron chi connectivity index (χ0n) is 23.7. The summed E-state index contributed by atoms with van der Waals surface area (Å²) in [6.45, 7) is 1.84. The molecule has 2 unspecified atom stereocenters. The van der Waals surface area contributed by atoms with Gasteiger partial charge in [-0.25, -0.2) is 9.38 Å². The van der Waals surface area contributed by atoms with E-state index in [0.29, 0.717) is 49.1 Å². The lowest BCUT2D eigenvalue weighted by Crippen LogP contribution is -2.38. The van der Waals surface area contributed by atoms with E-state index < -0.39 is 18.4 Å². The first-order chi connectivity index (χ1) is 19.5. The third kappa shape index (κ3) is 11.0. The number of nitrogens with one attached hydrogen (secondary N) is 3. The number of rotatable bonds is 9. The monoisotopic (exact) mass is 582 g/mol. The largest absolute Gasteiger partial charge is 0.492 e. The number of likely N-dealkylation sites (tertiary alicyclic amines) is 1. The Bertz CT molecular complexity index is 1120. The molecule has 2 aliphatic heterocycles. The van der Waals surface area contributed by atoms with E-state index in [1.165, 1.54) is 18.0 Å². The molecule has 0 spiro atoms. The van der Waals surface area contributed by atoms with Crippen LogP contribution in [0.1, 0.15) is 31.0 Å². The first-order valence-electron chi connectivity index (χ1n) is 13.1. The second-order valence-corrected chi connectivity index (χ2v) is 9.56. The van der Waals surface area contributed by atoms with E-state index in [9.17, 15) is 27.2 Å². The Morgan fingerprint density at radius 3 is 2.29 bits per heavy atom. The molecule has 2 heterocycles. The average molecular weight is 583 g/mol. The highest BCUT2D eigenvalue weighted by atomic mass is 19.4. The highest BCUT2D eigenvalue weighted by Gasteiger charge is 2.44. The van der Waals surface area contributed by atoms with Crippen molar-refractivity contribution in [1.82, 2.24) is 9.80 Å². The van der Waals surface area contributed by atoms with Crippen molar-refractivity contribution >= 4 is 36.0 Å². The number of benzene rings is 2. The molecule has 2 aromatic carbocycles. The van der Waals surface area contributed by atoms with Gasteiger partial charge in [0.2, 0.25) is 0 Å². The molecule has 1 fully saturated rings. The van der Waals surface area contributed by atoms with E-state index >= 15 is 0 Å². The van der Waals surface area contributed by atoms with Gasteiger partial charge in [-0.05, 0) is 64.8 Å². The summed E-state index contributed by atoms with van der Waals surface area (Å²) < 4.78 is 56.3. The fourth-order valence-electron chi connectivity index (χ4n) is 4.04. The Morgan fingerprint density at radius 2 is 1.80 bits per heavy atom. The molecule has 2 aliphatic rings. The topological polar surface area (TPSA) is 98.3 Å². The summed E-state index contributed by atoms with van der Waals surface area (Å²) in [5.74, 6) is 0.152. The Morgan fingerprint density at radius 1 is 1.15 bits per heavy atom. The Hall–Kier alpha value is -3.71. The highest BCUT2D eigenvalue weighted by molar-refractivity contribution is 5.82. The number of halogens is 4. The van der Waals surface area contributed by atoms with Crippen LogP contribution in [-0.4, -0.2) is 88.8 Å². The zero-order chi connectivity index (χ0) is 30.4. The maximum atomic E-state index is 14.7. The van der Waals surface area contributed by atoms with Crippen molar-refractivity contribution in [2.75, 3.05) is 63.8 Å². The van der Waals surface area contributed by atoms with Gasteiger partial charge in [0.05, 0.1) is 24.0 Å². The molecule has 9 nitrogen and oxygen atoms in total. The highest BCUT2D eigenvalue weighted by Crippen LogP contribution is 2.35. The maximum absolute atomic E-state index is 14.7. The number of carbonyl (C=O) groups is 2. The molecule has 13 heteroatoms. The predicted molar refractivity (Wildman–Crippen MR) is 153 cm³/mol. The molecular weight excluding hydrogens is 544 g/mol. The number of fused-ring (bicyclic) bond motifs is 1. The first kappa shape index (κ1) is 33.5. The second kappa shape index (κ2) is 16.5. The first-order valence-corrected chi connectivity index (χ1v) is 13.1. The molecule has 0 aliphatic carbocycles. The van der Waals surface area contributed by atoms with Crippen LogP contribution in [0.2, 0.25) is 0 Å². The van der Waals surface area contributed by atoms with Crippen molar-refractivity contribution in [1.29, 1.82) is 0 Å². The van der Waals surface area contributed by atoms with Crippen LogP contribution in [-0.2, 0) is 9.59 Å². The number of alkyl halides is 3. The van der Waals surface area contributed by atoms with Crippen molar-refractivity contribution in [3.05, 3.63) is 47.8 Å². The van der Waals surface area contributed by atoms with Gasteiger partial charge in [0.25, 0.3) is 0 Å². The summed E-state index contributed by atoms with van der Waals surface area (Å²) >= 11 is 0. The number of carbonyl (C=O) groups excluding carboxylic acids is 2. The Balaban J connectivity index is 0.000000322. The molecule has 41 heavy (non-hydrogen) atoms. The lowest BCUT2D eigenvalue weighted by Gasteiger charge is -2.24. The van der Waals surface area contributed by atoms with Gasteiger partial charge in [0, 0.05) is 37.1 Å². The van der Waals surface area contributed by atoms with Crippen molar-refractivity contribution < 1.29 is 31.9 Å². The predicted octanol–water partition coefficient (Wildman–Crippen LogP) is 4.79. The molecule has 2 aromatic rings. The van der Waals surface area contributed by atoms with Crippen LogP contribution in [0.3, 0.4) is 0 Å². The molecule has 1 saturated heterocycles. The van der Waals surface area contributed by atoms with Gasteiger partial charge in [-0.15, -0.1) is 0 Å². The molecule has 4 rings (SSSR count). The fraction of sp³-hybridized carbons (Fsp3) is 0.464. The van der Waals surface area contributed by atoms with E-state index in [4.69, 9.17) is 4.74 Å². The van der Waals surface area contributed by atoms with E-state index in [-0.39, 0.29) is 18.7 Å². The molecule has 0 amide bonds. The number of aldehydes is 2. The van der Waals surface area contributed by atoms with Crippen LogP contribution in [0.25, 0.3) is 0 Å². The number of likely N-dealkylation sites (N-methyl/N-ethyl adjacent to an activating group) is 1. The molecule has 2 atom stereocenters. The SMILES string of the molecule is CN1CCCC1C(F)(F)F.CNc1ccc(NC2N=CNc3cc(OCCN(C)C)cc(F)c32)cc1.O=CCC=O. The average Bonchev–Trinajstić information content (AvgIpc) is 3.37. The van der Waals surface area contributed by atoms with Crippen LogP contribution < -0.4 is 20.7 Å².